The van der Waals surface area contributed by atoms with Gasteiger partial charge in [-0.3, -0.25) is 4.79 Å². The number of nitrogens with zero attached hydrogens (tertiary/aromatic N) is 1. The lowest BCUT2D eigenvalue weighted by Crippen LogP contribution is -2.36. The summed E-state index contributed by atoms with van der Waals surface area (Å²) in [6.45, 7) is 7.33. The van der Waals surface area contributed by atoms with Crippen LogP contribution in [0, 0.1) is 0 Å². The van der Waals surface area contributed by atoms with Crippen molar-refractivity contribution in [3.05, 3.63) is 23.8 Å². The summed E-state index contributed by atoms with van der Waals surface area (Å²) >= 11 is 0. The highest BCUT2D eigenvalue weighted by Crippen LogP contribution is 2.25. The maximum absolute atomic E-state index is 11.8. The van der Waals surface area contributed by atoms with Crippen LogP contribution in [0.3, 0.4) is 0 Å². The van der Waals surface area contributed by atoms with Crippen molar-refractivity contribution in [2.75, 3.05) is 36.9 Å². The molecule has 1 aliphatic heterocycles. The first-order valence-corrected chi connectivity index (χ1v) is 8.10. The van der Waals surface area contributed by atoms with Crippen LogP contribution in [0.4, 0.5) is 11.4 Å². The maximum atomic E-state index is 11.8. The molecule has 5 heteroatoms. The summed E-state index contributed by atoms with van der Waals surface area (Å²) < 4.78 is 5.36. The van der Waals surface area contributed by atoms with E-state index in [-0.39, 0.29) is 11.9 Å². The van der Waals surface area contributed by atoms with E-state index in [1.807, 2.05) is 13.0 Å². The Balaban J connectivity index is 1.90. The number of nitrogen functional groups attached to an aromatic ring is 1. The summed E-state index contributed by atoms with van der Waals surface area (Å²) in [5, 5.41) is 2.99. The van der Waals surface area contributed by atoms with Crippen molar-refractivity contribution in [3.63, 3.8) is 0 Å². The van der Waals surface area contributed by atoms with Gasteiger partial charge in [0.2, 0.25) is 5.91 Å². The van der Waals surface area contributed by atoms with Gasteiger partial charge in [0.15, 0.2) is 0 Å². The highest BCUT2D eigenvalue weighted by molar-refractivity contribution is 5.76. The van der Waals surface area contributed by atoms with Crippen LogP contribution in [0.2, 0.25) is 0 Å². The van der Waals surface area contributed by atoms with Gasteiger partial charge in [0.25, 0.3) is 0 Å². The Bertz CT molecular complexity index is 499. The zero-order chi connectivity index (χ0) is 15.9. The van der Waals surface area contributed by atoms with Gasteiger partial charge in [0.1, 0.15) is 0 Å². The Morgan fingerprint density at radius 1 is 1.41 bits per heavy atom. The van der Waals surface area contributed by atoms with Crippen LogP contribution < -0.4 is 16.0 Å². The predicted octanol–water partition coefficient (Wildman–Crippen LogP) is 1.95. The number of nitrogens with two attached hydrogens (primary N) is 1. The molecule has 1 aromatic carbocycles. The first-order valence-electron chi connectivity index (χ1n) is 8.10. The van der Waals surface area contributed by atoms with Crippen molar-refractivity contribution >= 4 is 17.3 Å². The fraction of sp³-hybridized carbons (Fsp3) is 0.588. The molecule has 1 aliphatic rings. The monoisotopic (exact) mass is 305 g/mol. The van der Waals surface area contributed by atoms with E-state index in [9.17, 15) is 4.79 Å². The van der Waals surface area contributed by atoms with Crippen LogP contribution >= 0.6 is 0 Å². The van der Waals surface area contributed by atoms with Crippen LogP contribution in [0.15, 0.2) is 18.2 Å². The van der Waals surface area contributed by atoms with Crippen LogP contribution in [-0.2, 0) is 16.0 Å². The number of carbonyl (C=O) groups is 1. The fourth-order valence-corrected chi connectivity index (χ4v) is 2.56. The third kappa shape index (κ3) is 4.63. The van der Waals surface area contributed by atoms with Gasteiger partial charge in [-0.2, -0.15) is 0 Å². The summed E-state index contributed by atoms with van der Waals surface area (Å²) in [5.74, 6) is 0.102. The molecule has 1 amide bonds. The van der Waals surface area contributed by atoms with E-state index in [4.69, 9.17) is 10.5 Å². The molecule has 1 atom stereocenters. The van der Waals surface area contributed by atoms with Crippen LogP contribution in [0.25, 0.3) is 0 Å². The molecular weight excluding hydrogens is 278 g/mol. The quantitative estimate of drug-likeness (QED) is 0.788. The minimum atomic E-state index is 0.102. The second-order valence-corrected chi connectivity index (χ2v) is 5.87. The number of carbonyl (C=O) groups excluding carboxylic acids is 1. The number of aryl methyl sites for hydroxylation is 1. The number of ether oxygens (including phenoxy) is 1. The van der Waals surface area contributed by atoms with Gasteiger partial charge >= 0.3 is 0 Å². The van der Waals surface area contributed by atoms with Gasteiger partial charge in [0.05, 0.1) is 24.6 Å². The van der Waals surface area contributed by atoms with Gasteiger partial charge in [-0.05, 0) is 37.5 Å². The van der Waals surface area contributed by atoms with Crippen LogP contribution in [-0.4, -0.2) is 38.3 Å². The molecule has 3 N–H and O–H groups in total. The molecule has 1 saturated heterocycles. The Kier molecular flexibility index (Phi) is 6.07. The summed E-state index contributed by atoms with van der Waals surface area (Å²) in [6.07, 6.45) is 2.17. The minimum absolute atomic E-state index is 0.102. The molecular formula is C17H27N3O2. The van der Waals surface area contributed by atoms with Crippen molar-refractivity contribution in [3.8, 4) is 0 Å². The number of hydrogen-bond acceptors (Lipinski definition) is 4. The van der Waals surface area contributed by atoms with E-state index >= 15 is 0 Å². The lowest BCUT2D eigenvalue weighted by molar-refractivity contribution is -0.121. The molecule has 0 spiro atoms. The molecule has 0 bridgehead atoms. The average Bonchev–Trinajstić information content (AvgIpc) is 2.53. The second-order valence-electron chi connectivity index (χ2n) is 5.87. The standard InChI is InChI=1S/C17H27N3O2/c1-3-13(2)19-17(21)7-5-14-4-6-16(15(18)12-14)20-8-10-22-11-9-20/h4,6,12-13H,3,5,7-11,18H2,1-2H3,(H,19,21). The summed E-state index contributed by atoms with van der Waals surface area (Å²) in [7, 11) is 0. The summed E-state index contributed by atoms with van der Waals surface area (Å²) in [5.41, 5.74) is 9.13. The molecule has 22 heavy (non-hydrogen) atoms. The molecule has 1 fully saturated rings. The van der Waals surface area contributed by atoms with E-state index in [2.05, 4.69) is 29.3 Å². The minimum Gasteiger partial charge on any atom is -0.397 e. The maximum Gasteiger partial charge on any atom is 0.220 e. The normalized spacial score (nSPS) is 16.4. The molecule has 0 radical (unpaired) electrons. The van der Waals surface area contributed by atoms with E-state index in [1.54, 1.807) is 0 Å². The number of benzene rings is 1. The molecule has 5 nitrogen and oxygen atoms in total. The van der Waals surface area contributed by atoms with E-state index in [0.29, 0.717) is 6.42 Å². The smallest absolute Gasteiger partial charge is 0.220 e. The van der Waals surface area contributed by atoms with Gasteiger partial charge in [-0.25, -0.2) is 0 Å². The fourth-order valence-electron chi connectivity index (χ4n) is 2.56. The average molecular weight is 305 g/mol. The first kappa shape index (κ1) is 16.6. The Hall–Kier alpha value is -1.75. The Labute approximate surface area is 132 Å². The Morgan fingerprint density at radius 2 is 2.14 bits per heavy atom. The number of amides is 1. The molecule has 122 valence electrons. The zero-order valence-electron chi connectivity index (χ0n) is 13.6. The highest BCUT2D eigenvalue weighted by Gasteiger charge is 2.14. The first-order chi connectivity index (χ1) is 10.6. The van der Waals surface area contributed by atoms with Gasteiger partial charge in [0, 0.05) is 25.6 Å². The number of anilines is 2. The number of hydrogen-bond donors (Lipinski definition) is 2. The Morgan fingerprint density at radius 3 is 2.77 bits per heavy atom. The molecule has 1 unspecified atom stereocenters. The van der Waals surface area contributed by atoms with Crippen LogP contribution in [0.5, 0.6) is 0 Å². The molecule has 1 heterocycles. The van der Waals surface area contributed by atoms with Gasteiger partial charge in [-0.1, -0.05) is 13.0 Å². The topological polar surface area (TPSA) is 67.6 Å². The van der Waals surface area contributed by atoms with Crippen molar-refractivity contribution in [1.82, 2.24) is 5.32 Å². The molecule has 0 aromatic heterocycles. The highest BCUT2D eigenvalue weighted by atomic mass is 16.5. The number of rotatable bonds is 6. The van der Waals surface area contributed by atoms with Crippen molar-refractivity contribution in [1.29, 1.82) is 0 Å². The van der Waals surface area contributed by atoms with E-state index in [1.165, 1.54) is 0 Å². The third-order valence-corrected chi connectivity index (χ3v) is 4.10. The molecule has 1 aromatic rings. The zero-order valence-corrected chi connectivity index (χ0v) is 13.6. The summed E-state index contributed by atoms with van der Waals surface area (Å²) in [4.78, 5) is 14.1. The van der Waals surface area contributed by atoms with Crippen molar-refractivity contribution in [2.45, 2.75) is 39.2 Å². The largest absolute Gasteiger partial charge is 0.397 e. The van der Waals surface area contributed by atoms with Crippen LogP contribution in [0.1, 0.15) is 32.3 Å². The molecule has 0 saturated carbocycles. The SMILES string of the molecule is CCC(C)NC(=O)CCc1ccc(N2CCOCC2)c(N)c1. The van der Waals surface area contributed by atoms with Gasteiger partial charge < -0.3 is 20.7 Å². The predicted molar refractivity (Wildman–Crippen MR) is 90.1 cm³/mol. The number of morpholine rings is 1. The summed E-state index contributed by atoms with van der Waals surface area (Å²) in [6, 6.07) is 6.35. The van der Waals surface area contributed by atoms with Crippen molar-refractivity contribution in [2.24, 2.45) is 0 Å². The van der Waals surface area contributed by atoms with Crippen molar-refractivity contribution < 1.29 is 9.53 Å². The van der Waals surface area contributed by atoms with E-state index in [0.717, 1.165) is 56.1 Å². The second kappa shape index (κ2) is 8.03. The molecule has 0 aliphatic carbocycles. The number of nitrogens with one attached hydrogen (secondary N) is 1. The van der Waals surface area contributed by atoms with E-state index < -0.39 is 0 Å². The molecule has 2 rings (SSSR count). The third-order valence-electron chi connectivity index (χ3n) is 4.10. The lowest BCUT2D eigenvalue weighted by atomic mass is 10.1. The van der Waals surface area contributed by atoms with Gasteiger partial charge in [-0.15, -0.1) is 0 Å². The lowest BCUT2D eigenvalue weighted by Gasteiger charge is -2.30.